The molecule has 3 unspecified atom stereocenters. The second-order valence-corrected chi connectivity index (χ2v) is 36.4. The number of aromatic nitrogens is 9. The van der Waals surface area contributed by atoms with Gasteiger partial charge in [-0.25, -0.2) is 63.3 Å². The van der Waals surface area contributed by atoms with Gasteiger partial charge in [0, 0.05) is 85.5 Å². The van der Waals surface area contributed by atoms with Crippen molar-refractivity contribution < 1.29 is 62.3 Å². The number of halogens is 6. The van der Waals surface area contributed by atoms with Crippen LogP contribution in [0.25, 0.3) is 66.1 Å². The number of amides is 3. The van der Waals surface area contributed by atoms with Gasteiger partial charge in [-0.2, -0.15) is 0 Å². The van der Waals surface area contributed by atoms with Crippen molar-refractivity contribution in [1.82, 2.24) is 59.6 Å². The molecule has 29 nitrogen and oxygen atoms in total. The minimum atomic E-state index is -4.72. The van der Waals surface area contributed by atoms with E-state index in [0.717, 1.165) is 71.7 Å². The lowest BCUT2D eigenvalue weighted by atomic mass is 10.0. The average Bonchev–Trinajstić information content (AvgIpc) is 1.16. The van der Waals surface area contributed by atoms with Crippen LogP contribution in [0.4, 0.5) is 30.2 Å². The molecule has 6 aromatic carbocycles. The van der Waals surface area contributed by atoms with Crippen LogP contribution in [0.1, 0.15) is 79.3 Å². The van der Waals surface area contributed by atoms with E-state index in [4.69, 9.17) is 44.3 Å². The SMILES string of the molecule is CCC(CC)NC(=O)[C@@H](C)Cn1cnc2ccc(-c3cnc(OC)c(N(CCC(CC)NC(=O)[C@@H](C)Cn4cnc5ccc(-c6cnc(OCC7CC7NC(=O)[C@H](C)Cn7cnc8ccc(-c9cnc(C)c(NS(=O)(=O)c%10ccc(F)cc%10Cl)c9)cc8c7=O)c(NS(=O)(=O)c7ccc(F)cc7Cl)c6)cc5c4=O)S(=O)(=O)c4ccc(F)cc4Cl)c3)cc2c1=O. The summed E-state index contributed by atoms with van der Waals surface area (Å²) >= 11 is 18.9. The number of carbonyl (C=O) groups excluding carboxylic acids is 3. The maximum Gasteiger partial charge on any atom is 0.265 e. The van der Waals surface area contributed by atoms with Gasteiger partial charge in [0.1, 0.15) is 43.5 Å². The summed E-state index contributed by atoms with van der Waals surface area (Å²) in [6, 6.07) is 26.2. The van der Waals surface area contributed by atoms with E-state index in [1.54, 1.807) is 83.1 Å². The van der Waals surface area contributed by atoms with Crippen molar-refractivity contribution in [2.75, 3.05) is 34.0 Å². The van der Waals surface area contributed by atoms with Crippen LogP contribution in [0, 0.1) is 48.0 Å². The van der Waals surface area contributed by atoms with Gasteiger partial charge >= 0.3 is 0 Å². The summed E-state index contributed by atoms with van der Waals surface area (Å²) in [5, 5.41) is 8.33. The minimum Gasteiger partial charge on any atom is -0.479 e. The van der Waals surface area contributed by atoms with Crippen LogP contribution < -0.4 is 55.9 Å². The molecule has 0 radical (unpaired) electrons. The number of nitrogens with zero attached hydrogens (tertiary/aromatic N) is 10. The third-order valence-corrected chi connectivity index (χ3v) is 27.3. The van der Waals surface area contributed by atoms with Crippen molar-refractivity contribution in [1.29, 1.82) is 0 Å². The Labute approximate surface area is 719 Å². The molecule has 12 aromatic rings. The van der Waals surface area contributed by atoms with E-state index in [1.807, 2.05) is 13.8 Å². The Balaban J connectivity index is 0.684. The van der Waals surface area contributed by atoms with Gasteiger partial charge in [-0.3, -0.25) is 61.2 Å². The van der Waals surface area contributed by atoms with Gasteiger partial charge in [-0.15, -0.1) is 0 Å². The van der Waals surface area contributed by atoms with Crippen LogP contribution in [0.2, 0.25) is 15.1 Å². The smallest absolute Gasteiger partial charge is 0.265 e. The molecule has 642 valence electrons. The Hall–Kier alpha value is -11.9. The highest BCUT2D eigenvalue weighted by molar-refractivity contribution is 7.93. The fourth-order valence-electron chi connectivity index (χ4n) is 14.0. The fraction of sp³-hybridized carbons (Fsp3) is 0.294. The van der Waals surface area contributed by atoms with Gasteiger partial charge in [-0.1, -0.05) is 94.5 Å². The molecule has 1 aliphatic rings. The molecule has 38 heteroatoms. The Morgan fingerprint density at radius 1 is 0.504 bits per heavy atom. The summed E-state index contributed by atoms with van der Waals surface area (Å²) < 4.78 is 149. The Morgan fingerprint density at radius 3 is 1.36 bits per heavy atom. The number of ether oxygens (including phenoxy) is 2. The van der Waals surface area contributed by atoms with Crippen molar-refractivity contribution in [2.24, 2.45) is 23.7 Å². The predicted octanol–water partition coefficient (Wildman–Crippen LogP) is 13.3. The largest absolute Gasteiger partial charge is 0.479 e. The standard InChI is InChI=1S/C85H83Cl3F3N15O14S3/c1-9-60(10-2)98-78(107)46(4)39-103-43-96-70-20-14-52(28-64(70)85(103)112)55-32-74(82(119-8)94-38-55)106(123(117,118)77-23-17-59(91)35-67(77)88)25-24-61(11-3)99-79(108)47(5)40-104-44-95-69-19-13-51(27-63(69)83(104)110)54-30-73(102-122(115,116)76-22-16-58(90)34-66(76)87)81(93-37-54)120-42-56-31-72(56)100-80(109)48(6)41-105-45-97-68-18-12-50(26-62(68)84(105)111)53-29-71(49(7)92-36-53)101-121(113,114)75-21-15-57(89)33-65(75)86/h12-23,26-30,32-38,43-48,56,60-61,72,101-102H,9-11,24-25,31,39-42H2,1-8H3,(H,98,107)(H,99,108)(H,100,109)/t46-,47-,48+,56?,61?,72?/m0/s1. The van der Waals surface area contributed by atoms with Crippen LogP contribution in [0.5, 0.6) is 11.8 Å². The van der Waals surface area contributed by atoms with Crippen molar-refractivity contribution in [2.45, 2.75) is 133 Å². The molecule has 0 saturated heterocycles. The zero-order valence-electron chi connectivity index (χ0n) is 67.4. The molecule has 1 aliphatic carbocycles. The van der Waals surface area contributed by atoms with Crippen LogP contribution in [-0.4, -0.2) is 125 Å². The quantitative estimate of drug-likeness (QED) is 0.0250. The van der Waals surface area contributed by atoms with Crippen molar-refractivity contribution in [3.05, 3.63) is 234 Å². The number of hydrogen-bond donors (Lipinski definition) is 5. The Morgan fingerprint density at radius 2 is 0.911 bits per heavy atom. The van der Waals surface area contributed by atoms with Crippen LogP contribution in [0.3, 0.4) is 0 Å². The first-order valence-corrected chi connectivity index (χ1v) is 44.6. The van der Waals surface area contributed by atoms with E-state index in [0.29, 0.717) is 51.0 Å². The van der Waals surface area contributed by atoms with E-state index in [9.17, 15) is 58.8 Å². The number of sulfonamides is 3. The van der Waals surface area contributed by atoms with E-state index in [2.05, 4.69) is 55.3 Å². The lowest BCUT2D eigenvalue weighted by Crippen LogP contribution is -2.42. The number of nitrogens with one attached hydrogen (secondary N) is 5. The molecule has 123 heavy (non-hydrogen) atoms. The molecule has 0 spiro atoms. The highest BCUT2D eigenvalue weighted by Gasteiger charge is 2.41. The van der Waals surface area contributed by atoms with Crippen LogP contribution in [0.15, 0.2) is 194 Å². The molecule has 13 rings (SSSR count). The lowest BCUT2D eigenvalue weighted by Gasteiger charge is -2.28. The Kier molecular flexibility index (Phi) is 26.8. The van der Waals surface area contributed by atoms with Crippen LogP contribution >= 0.6 is 34.8 Å². The number of fused-ring (bicyclic) bond motifs is 3. The number of carbonyl (C=O) groups is 3. The molecular formula is C85H83Cl3F3N15O14S3. The fourth-order valence-corrected chi connectivity index (χ4v) is 19.2. The van der Waals surface area contributed by atoms with Gasteiger partial charge in [0.2, 0.25) is 29.5 Å². The summed E-state index contributed by atoms with van der Waals surface area (Å²) in [6.07, 6.45) is 10.5. The molecule has 6 aromatic heterocycles. The first-order valence-electron chi connectivity index (χ1n) is 39.0. The number of hydrogen-bond acceptors (Lipinski definition) is 20. The molecule has 1 fully saturated rings. The molecule has 1 saturated carbocycles. The summed E-state index contributed by atoms with van der Waals surface area (Å²) in [5.74, 6) is -6.35. The van der Waals surface area contributed by atoms with Crippen molar-refractivity contribution in [3.63, 3.8) is 0 Å². The zero-order valence-corrected chi connectivity index (χ0v) is 72.1. The molecule has 6 heterocycles. The molecule has 0 aliphatic heterocycles. The minimum absolute atomic E-state index is 0.0190. The maximum absolute atomic E-state index is 15.1. The Bertz CT molecular complexity index is 6730. The maximum atomic E-state index is 15.1. The number of anilines is 3. The van der Waals surface area contributed by atoms with Crippen molar-refractivity contribution >= 4 is 132 Å². The second kappa shape index (κ2) is 37.0. The number of rotatable bonds is 34. The summed E-state index contributed by atoms with van der Waals surface area (Å²) in [7, 11) is -12.3. The second-order valence-electron chi connectivity index (χ2n) is 30.0. The number of benzene rings is 6. The van der Waals surface area contributed by atoms with Gasteiger partial charge in [0.25, 0.3) is 46.7 Å². The summed E-state index contributed by atoms with van der Waals surface area (Å²) in [5.41, 5.74) is 1.99. The van der Waals surface area contributed by atoms with Crippen molar-refractivity contribution in [3.8, 4) is 45.1 Å². The van der Waals surface area contributed by atoms with E-state index in [1.165, 1.54) is 82.6 Å². The van der Waals surface area contributed by atoms with Gasteiger partial charge < -0.3 is 25.4 Å². The summed E-state index contributed by atoms with van der Waals surface area (Å²) in [6.45, 7) is 11.6. The average molecular weight is 1800 g/mol. The molecule has 6 atom stereocenters. The van der Waals surface area contributed by atoms with Gasteiger partial charge in [0.05, 0.1) is 110 Å². The molecular weight excluding hydrogens is 1710 g/mol. The van der Waals surface area contributed by atoms with E-state index >= 15 is 8.42 Å². The normalized spacial score (nSPS) is 14.5. The predicted molar refractivity (Wildman–Crippen MR) is 462 cm³/mol. The molecule has 0 bridgehead atoms. The van der Waals surface area contributed by atoms with E-state index < -0.39 is 126 Å². The van der Waals surface area contributed by atoms with Crippen LogP contribution in [-0.2, 0) is 64.1 Å². The number of aryl methyl sites for hydroxylation is 1. The van der Waals surface area contributed by atoms with Gasteiger partial charge in [0.15, 0.2) is 0 Å². The number of pyridine rings is 3. The third kappa shape index (κ3) is 19.9. The molecule has 5 N–H and O–H groups in total. The highest BCUT2D eigenvalue weighted by Crippen LogP contribution is 2.40. The first-order chi connectivity index (χ1) is 58.5. The topological polar surface area (TPSA) is 379 Å². The molecule has 3 amide bonds. The summed E-state index contributed by atoms with van der Waals surface area (Å²) in [4.78, 5) is 110. The highest BCUT2D eigenvalue weighted by atomic mass is 35.5. The number of methoxy groups -OCH3 is 1. The first kappa shape index (κ1) is 88.9. The third-order valence-electron chi connectivity index (χ3n) is 21.3. The van der Waals surface area contributed by atoms with Gasteiger partial charge in [-0.05, 0) is 165 Å². The van der Waals surface area contributed by atoms with E-state index in [-0.39, 0.29) is 129 Å². The monoisotopic (exact) mass is 1800 g/mol. The zero-order chi connectivity index (χ0) is 88.3. The lowest BCUT2D eigenvalue weighted by molar-refractivity contribution is -0.126.